The van der Waals surface area contributed by atoms with Crippen molar-refractivity contribution in [2.45, 2.75) is 45.7 Å². The van der Waals surface area contributed by atoms with Crippen molar-refractivity contribution in [2.24, 2.45) is 5.73 Å². The minimum atomic E-state index is -0.538. The third-order valence-electron chi connectivity index (χ3n) is 3.96. The van der Waals surface area contributed by atoms with Crippen molar-refractivity contribution < 1.29 is 13.9 Å². The smallest absolute Gasteiger partial charge is 0.218 e. The maximum atomic E-state index is 15.1. The van der Waals surface area contributed by atoms with E-state index in [0.29, 0.717) is 17.7 Å². The summed E-state index contributed by atoms with van der Waals surface area (Å²) in [6.07, 6.45) is 2.31. The fourth-order valence-electron chi connectivity index (χ4n) is 2.67. The molecule has 26 heavy (non-hydrogen) atoms. The maximum absolute atomic E-state index is 15.1. The maximum Gasteiger partial charge on any atom is 0.218 e. The van der Waals surface area contributed by atoms with E-state index in [4.69, 9.17) is 22.1 Å². The van der Waals surface area contributed by atoms with Gasteiger partial charge >= 0.3 is 0 Å². The molecule has 5 nitrogen and oxygen atoms in total. The van der Waals surface area contributed by atoms with Crippen molar-refractivity contribution in [2.75, 3.05) is 0 Å². The van der Waals surface area contributed by atoms with Gasteiger partial charge in [0.2, 0.25) is 5.91 Å². The summed E-state index contributed by atoms with van der Waals surface area (Å²) in [6.45, 7) is 5.60. The van der Waals surface area contributed by atoms with Gasteiger partial charge in [0.25, 0.3) is 0 Å². The van der Waals surface area contributed by atoms with Crippen LogP contribution in [-0.4, -0.2) is 16.9 Å². The van der Waals surface area contributed by atoms with Crippen LogP contribution in [0.4, 0.5) is 4.39 Å². The Labute approximate surface area is 157 Å². The van der Waals surface area contributed by atoms with Gasteiger partial charge in [0, 0.05) is 29.8 Å². The van der Waals surface area contributed by atoms with Crippen LogP contribution in [0.3, 0.4) is 0 Å². The van der Waals surface area contributed by atoms with E-state index in [9.17, 15) is 4.79 Å². The van der Waals surface area contributed by atoms with Crippen LogP contribution in [0.5, 0.6) is 11.5 Å². The summed E-state index contributed by atoms with van der Waals surface area (Å²) in [6, 6.07) is 6.21. The number of ether oxygens (including phenoxy) is 1. The molecule has 1 aromatic heterocycles. The number of nitrogens with two attached hydrogens (primary N) is 1. The van der Waals surface area contributed by atoms with Gasteiger partial charge in [0.05, 0.1) is 11.2 Å². The topological polar surface area (TPSA) is 77.2 Å². The van der Waals surface area contributed by atoms with Gasteiger partial charge in [-0.2, -0.15) is 0 Å². The average Bonchev–Trinajstić information content (AvgIpc) is 2.58. The first-order chi connectivity index (χ1) is 12.3. The first kappa shape index (κ1) is 20.1. The minimum Gasteiger partial charge on any atom is -0.451 e. The molecule has 1 amide bonds. The molecule has 0 spiro atoms. The number of carbonyl (C=O) groups excluding carboxylic acids is 1. The second kappa shape index (κ2) is 8.96. The molecule has 0 aliphatic carbocycles. The largest absolute Gasteiger partial charge is 0.451 e. The SMILES string of the molecule is CC[C@@H](N[C@@H](C)CC(N)=O)c1ccc(Cl)c(Oc2ccc(C)nc2)c1F. The highest BCUT2D eigenvalue weighted by atomic mass is 35.5. The normalized spacial score (nSPS) is 13.3. The van der Waals surface area contributed by atoms with Gasteiger partial charge in [0.1, 0.15) is 5.75 Å². The number of pyridine rings is 1. The predicted molar refractivity (Wildman–Crippen MR) is 99.9 cm³/mol. The van der Waals surface area contributed by atoms with E-state index >= 15 is 4.39 Å². The molecule has 3 N–H and O–H groups in total. The molecule has 0 unspecified atom stereocenters. The molecule has 140 valence electrons. The Kier molecular flexibility index (Phi) is 6.94. The Balaban J connectivity index is 2.28. The third-order valence-corrected chi connectivity index (χ3v) is 4.26. The summed E-state index contributed by atoms with van der Waals surface area (Å²) in [5, 5.41) is 3.39. The minimum absolute atomic E-state index is 0.0439. The Bertz CT molecular complexity index is 768. The molecule has 0 aliphatic rings. The summed E-state index contributed by atoms with van der Waals surface area (Å²) in [5.41, 5.74) is 6.47. The zero-order valence-corrected chi connectivity index (χ0v) is 15.8. The van der Waals surface area contributed by atoms with E-state index in [-0.39, 0.29) is 29.3 Å². The van der Waals surface area contributed by atoms with E-state index in [2.05, 4.69) is 10.3 Å². The van der Waals surface area contributed by atoms with E-state index in [0.717, 1.165) is 5.69 Å². The van der Waals surface area contributed by atoms with Gasteiger partial charge in [-0.15, -0.1) is 0 Å². The van der Waals surface area contributed by atoms with Crippen molar-refractivity contribution >= 4 is 17.5 Å². The number of aromatic nitrogens is 1. The zero-order valence-electron chi connectivity index (χ0n) is 15.1. The highest BCUT2D eigenvalue weighted by Crippen LogP contribution is 2.36. The molecule has 1 heterocycles. The van der Waals surface area contributed by atoms with E-state index in [1.165, 1.54) is 6.20 Å². The molecule has 0 radical (unpaired) electrons. The summed E-state index contributed by atoms with van der Waals surface area (Å²) in [4.78, 5) is 15.2. The molecule has 0 bridgehead atoms. The number of amides is 1. The van der Waals surface area contributed by atoms with Gasteiger partial charge < -0.3 is 15.8 Å². The van der Waals surface area contributed by atoms with Crippen molar-refractivity contribution in [1.82, 2.24) is 10.3 Å². The second-order valence-electron chi connectivity index (χ2n) is 6.22. The van der Waals surface area contributed by atoms with Crippen molar-refractivity contribution in [1.29, 1.82) is 0 Å². The third kappa shape index (κ3) is 5.16. The number of rotatable bonds is 8. The van der Waals surface area contributed by atoms with Crippen LogP contribution in [0.1, 0.15) is 44.0 Å². The predicted octanol–water partition coefficient (Wildman–Crippen LogP) is 4.28. The Morgan fingerprint density at radius 1 is 1.38 bits per heavy atom. The molecule has 7 heteroatoms. The van der Waals surface area contributed by atoms with Crippen molar-refractivity contribution in [3.05, 3.63) is 52.6 Å². The number of halogens is 2. The van der Waals surface area contributed by atoms with E-state index in [1.54, 1.807) is 24.3 Å². The zero-order chi connectivity index (χ0) is 19.3. The molecule has 0 aliphatic heterocycles. The first-order valence-corrected chi connectivity index (χ1v) is 8.82. The number of nitrogens with one attached hydrogen (secondary N) is 1. The lowest BCUT2D eigenvalue weighted by atomic mass is 10.0. The second-order valence-corrected chi connectivity index (χ2v) is 6.62. The quantitative estimate of drug-likeness (QED) is 0.717. The van der Waals surface area contributed by atoms with Crippen molar-refractivity contribution in [3.8, 4) is 11.5 Å². The van der Waals surface area contributed by atoms with Crippen LogP contribution in [-0.2, 0) is 4.79 Å². The highest BCUT2D eigenvalue weighted by Gasteiger charge is 2.22. The standard InChI is InChI=1S/C19H23ClFN3O2/c1-4-16(24-12(3)9-17(22)25)14-7-8-15(20)19(18(14)21)26-13-6-5-11(2)23-10-13/h5-8,10,12,16,24H,4,9H2,1-3H3,(H2,22,25)/t12-,16+/m0/s1. The highest BCUT2D eigenvalue weighted by molar-refractivity contribution is 6.32. The van der Waals surface area contributed by atoms with Gasteiger partial charge in [0.15, 0.2) is 11.6 Å². The average molecular weight is 380 g/mol. The Morgan fingerprint density at radius 2 is 2.12 bits per heavy atom. The van der Waals surface area contributed by atoms with Crippen molar-refractivity contribution in [3.63, 3.8) is 0 Å². The summed E-state index contributed by atoms with van der Waals surface area (Å²) < 4.78 is 20.7. The number of primary amides is 1. The number of benzene rings is 1. The van der Waals surface area contributed by atoms with Gasteiger partial charge in [-0.3, -0.25) is 9.78 Å². The molecule has 1 aromatic carbocycles. The van der Waals surface area contributed by atoms with E-state index < -0.39 is 11.7 Å². The molecule has 0 saturated heterocycles. The number of aryl methyl sites for hydroxylation is 1. The molecule has 2 atom stereocenters. The first-order valence-electron chi connectivity index (χ1n) is 8.44. The Morgan fingerprint density at radius 3 is 2.69 bits per heavy atom. The Hall–Kier alpha value is -2.18. The van der Waals surface area contributed by atoms with Crippen LogP contribution >= 0.6 is 11.6 Å². The van der Waals surface area contributed by atoms with Gasteiger partial charge in [-0.1, -0.05) is 24.6 Å². The van der Waals surface area contributed by atoms with Gasteiger partial charge in [-0.25, -0.2) is 4.39 Å². The lowest BCUT2D eigenvalue weighted by Crippen LogP contribution is -2.34. The number of carbonyl (C=O) groups is 1. The molecule has 0 fully saturated rings. The fraction of sp³-hybridized carbons (Fsp3) is 0.368. The molecule has 2 aromatic rings. The van der Waals surface area contributed by atoms with Crippen LogP contribution in [0.2, 0.25) is 5.02 Å². The molecule has 0 saturated carbocycles. The number of hydrogen-bond donors (Lipinski definition) is 2. The number of hydrogen-bond acceptors (Lipinski definition) is 4. The van der Waals surface area contributed by atoms with Crippen LogP contribution in [0.25, 0.3) is 0 Å². The lowest BCUT2D eigenvalue weighted by molar-refractivity contribution is -0.118. The fourth-order valence-corrected chi connectivity index (χ4v) is 2.86. The molecular weight excluding hydrogens is 357 g/mol. The lowest BCUT2D eigenvalue weighted by Gasteiger charge is -2.23. The van der Waals surface area contributed by atoms with Crippen LogP contribution < -0.4 is 15.8 Å². The number of nitrogens with zero attached hydrogens (tertiary/aromatic N) is 1. The summed E-state index contributed by atoms with van der Waals surface area (Å²) in [5.74, 6) is -0.592. The molecular formula is C19H23ClFN3O2. The van der Waals surface area contributed by atoms with Crippen LogP contribution in [0, 0.1) is 12.7 Å². The monoisotopic (exact) mass is 379 g/mol. The summed E-state index contributed by atoms with van der Waals surface area (Å²) >= 11 is 6.14. The van der Waals surface area contributed by atoms with Gasteiger partial charge in [-0.05, 0) is 38.5 Å². The van der Waals surface area contributed by atoms with E-state index in [1.807, 2.05) is 20.8 Å². The van der Waals surface area contributed by atoms with Crippen LogP contribution in [0.15, 0.2) is 30.5 Å². The summed E-state index contributed by atoms with van der Waals surface area (Å²) in [7, 11) is 0. The molecule has 2 rings (SSSR count).